The van der Waals surface area contributed by atoms with Crippen molar-refractivity contribution in [1.82, 2.24) is 14.4 Å². The van der Waals surface area contributed by atoms with Gasteiger partial charge < -0.3 is 9.84 Å². The lowest BCUT2D eigenvalue weighted by molar-refractivity contribution is -0.120. The number of rotatable bonds is 5. The number of halogens is 1. The maximum atomic E-state index is 13.5. The Morgan fingerprint density at radius 2 is 1.88 bits per heavy atom. The van der Waals surface area contributed by atoms with Crippen LogP contribution in [0, 0.1) is 26.7 Å². The maximum Gasteiger partial charge on any atom is 0.244 e. The lowest BCUT2D eigenvalue weighted by Gasteiger charge is -2.31. The molecule has 0 spiro atoms. The molecule has 0 aliphatic carbocycles. The quantitative estimate of drug-likeness (QED) is 0.572. The fraction of sp³-hybridized carbons (Fsp3) is 0.348. The van der Waals surface area contributed by atoms with Gasteiger partial charge in [-0.25, -0.2) is 8.42 Å². The maximum absolute atomic E-state index is 13.5. The van der Waals surface area contributed by atoms with Crippen molar-refractivity contribution in [2.45, 2.75) is 38.5 Å². The van der Waals surface area contributed by atoms with Gasteiger partial charge in [0.05, 0.1) is 10.9 Å². The molecule has 10 heteroatoms. The molecule has 1 fully saturated rings. The Morgan fingerprint density at radius 1 is 1.15 bits per heavy atom. The molecule has 1 amide bonds. The van der Waals surface area contributed by atoms with Crippen LogP contribution in [0.25, 0.3) is 11.4 Å². The first kappa shape index (κ1) is 23.4. The third-order valence-electron chi connectivity index (χ3n) is 5.58. The molecule has 8 nitrogen and oxygen atoms in total. The molecule has 174 valence electrons. The van der Waals surface area contributed by atoms with Gasteiger partial charge in [0.1, 0.15) is 4.90 Å². The third-order valence-corrected chi connectivity index (χ3v) is 7.93. The molecule has 33 heavy (non-hydrogen) atoms. The second-order valence-electron chi connectivity index (χ2n) is 8.35. The topological polar surface area (TPSA) is 105 Å². The molecule has 1 aliphatic heterocycles. The highest BCUT2D eigenvalue weighted by molar-refractivity contribution is 7.89. The largest absolute Gasteiger partial charge is 0.339 e. The average molecular weight is 489 g/mol. The van der Waals surface area contributed by atoms with Gasteiger partial charge in [-0.1, -0.05) is 22.8 Å². The highest BCUT2D eigenvalue weighted by Gasteiger charge is 2.34. The first-order chi connectivity index (χ1) is 15.6. The minimum absolute atomic E-state index is 0.0421. The number of benzene rings is 2. The Bertz CT molecular complexity index is 1290. The van der Waals surface area contributed by atoms with E-state index in [0.717, 1.165) is 11.1 Å². The lowest BCUT2D eigenvalue weighted by Crippen LogP contribution is -2.43. The Balaban J connectivity index is 1.55. The van der Waals surface area contributed by atoms with Crippen molar-refractivity contribution in [3.8, 4) is 11.4 Å². The standard InChI is InChI=1S/C23H25ClN4O4S/c1-14-9-15(2)11-19(10-14)26-23(29)18-5-4-8-28(13-18)33(30,31)21-12-17(6-7-20(21)24)22-25-16(3)32-27-22/h6-7,9-12,18H,4-5,8,13H2,1-3H3,(H,26,29)/t18-/m0/s1. The highest BCUT2D eigenvalue weighted by Crippen LogP contribution is 2.32. The van der Waals surface area contributed by atoms with Crippen molar-refractivity contribution >= 4 is 33.2 Å². The number of hydrogen-bond acceptors (Lipinski definition) is 6. The molecule has 0 radical (unpaired) electrons. The molecule has 1 aromatic heterocycles. The van der Waals surface area contributed by atoms with Gasteiger partial charge in [0.15, 0.2) is 0 Å². The molecule has 1 saturated heterocycles. The highest BCUT2D eigenvalue weighted by atomic mass is 35.5. The van der Waals surface area contributed by atoms with E-state index in [1.54, 1.807) is 13.0 Å². The van der Waals surface area contributed by atoms with E-state index in [0.29, 0.717) is 36.5 Å². The predicted octanol–water partition coefficient (Wildman–Crippen LogP) is 4.35. The van der Waals surface area contributed by atoms with E-state index in [9.17, 15) is 13.2 Å². The molecular formula is C23H25ClN4O4S. The number of nitrogens with one attached hydrogen (secondary N) is 1. The van der Waals surface area contributed by atoms with E-state index in [4.69, 9.17) is 16.1 Å². The first-order valence-electron chi connectivity index (χ1n) is 10.6. The summed E-state index contributed by atoms with van der Waals surface area (Å²) in [5.41, 5.74) is 3.29. The van der Waals surface area contributed by atoms with Crippen molar-refractivity contribution in [3.63, 3.8) is 0 Å². The molecule has 0 unspecified atom stereocenters. The predicted molar refractivity (Wildman–Crippen MR) is 126 cm³/mol. The number of carbonyl (C=O) groups excluding carboxylic acids is 1. The van der Waals surface area contributed by atoms with Crippen LogP contribution in [0.15, 0.2) is 45.8 Å². The van der Waals surface area contributed by atoms with Crippen LogP contribution in [0.1, 0.15) is 29.9 Å². The van der Waals surface area contributed by atoms with Crippen molar-refractivity contribution in [1.29, 1.82) is 0 Å². The number of sulfonamides is 1. The van der Waals surface area contributed by atoms with E-state index in [2.05, 4.69) is 15.5 Å². The van der Waals surface area contributed by atoms with Gasteiger partial charge in [-0.3, -0.25) is 4.79 Å². The molecule has 0 saturated carbocycles. The lowest BCUT2D eigenvalue weighted by atomic mass is 9.98. The summed E-state index contributed by atoms with van der Waals surface area (Å²) < 4.78 is 33.2. The number of anilines is 1. The zero-order valence-electron chi connectivity index (χ0n) is 18.6. The third kappa shape index (κ3) is 5.10. The van der Waals surface area contributed by atoms with E-state index in [-0.39, 0.29) is 28.2 Å². The summed E-state index contributed by atoms with van der Waals surface area (Å²) in [6, 6.07) is 10.4. The number of aryl methyl sites for hydroxylation is 3. The Labute approximate surface area is 198 Å². The van der Waals surface area contributed by atoms with Crippen LogP contribution >= 0.6 is 11.6 Å². The number of nitrogens with zero attached hydrogens (tertiary/aromatic N) is 3. The number of piperidine rings is 1. The Kier molecular flexibility index (Phi) is 6.56. The van der Waals surface area contributed by atoms with Gasteiger partial charge in [-0.15, -0.1) is 0 Å². The molecule has 0 bridgehead atoms. The molecule has 1 aliphatic rings. The van der Waals surface area contributed by atoms with Crippen LogP contribution < -0.4 is 5.32 Å². The second kappa shape index (κ2) is 9.24. The molecule has 4 rings (SSSR count). The van der Waals surface area contributed by atoms with Crippen LogP contribution in [-0.4, -0.2) is 41.9 Å². The number of aromatic nitrogens is 2. The van der Waals surface area contributed by atoms with Gasteiger partial charge in [0.25, 0.3) is 0 Å². The molecule has 1 atom stereocenters. The number of amides is 1. The average Bonchev–Trinajstić information content (AvgIpc) is 3.19. The summed E-state index contributed by atoms with van der Waals surface area (Å²) in [5.74, 6) is 0.00110. The van der Waals surface area contributed by atoms with Crippen LogP contribution in [0.4, 0.5) is 5.69 Å². The van der Waals surface area contributed by atoms with E-state index >= 15 is 0 Å². The Morgan fingerprint density at radius 3 is 2.55 bits per heavy atom. The summed E-state index contributed by atoms with van der Waals surface area (Å²) >= 11 is 6.28. The zero-order chi connectivity index (χ0) is 23.8. The van der Waals surface area contributed by atoms with Crippen LogP contribution in [-0.2, 0) is 14.8 Å². The normalized spacial score (nSPS) is 17.2. The van der Waals surface area contributed by atoms with Crippen LogP contribution in [0.5, 0.6) is 0 Å². The van der Waals surface area contributed by atoms with E-state index in [1.165, 1.54) is 16.4 Å². The summed E-state index contributed by atoms with van der Waals surface area (Å²) in [7, 11) is -3.93. The first-order valence-corrected chi connectivity index (χ1v) is 12.4. The molecule has 2 heterocycles. The summed E-state index contributed by atoms with van der Waals surface area (Å²) in [6.07, 6.45) is 1.18. The van der Waals surface area contributed by atoms with E-state index in [1.807, 2.05) is 32.0 Å². The summed E-state index contributed by atoms with van der Waals surface area (Å²) in [6.45, 7) is 5.98. The number of carbonyl (C=O) groups is 1. The van der Waals surface area contributed by atoms with Gasteiger partial charge in [-0.2, -0.15) is 9.29 Å². The minimum atomic E-state index is -3.93. The van der Waals surface area contributed by atoms with Gasteiger partial charge >= 0.3 is 0 Å². The van der Waals surface area contributed by atoms with Gasteiger partial charge in [0.2, 0.25) is 27.6 Å². The molecule has 1 N–H and O–H groups in total. The van der Waals surface area contributed by atoms with Crippen molar-refractivity contribution in [3.05, 3.63) is 58.4 Å². The van der Waals surface area contributed by atoms with Crippen LogP contribution in [0.3, 0.4) is 0 Å². The van der Waals surface area contributed by atoms with Gasteiger partial charge in [0, 0.05) is 31.3 Å². The second-order valence-corrected chi connectivity index (χ2v) is 10.7. The zero-order valence-corrected chi connectivity index (χ0v) is 20.2. The molecular weight excluding hydrogens is 464 g/mol. The SMILES string of the molecule is Cc1cc(C)cc(NC(=O)[C@H]2CCCN(S(=O)(=O)c3cc(-c4noc(C)n4)ccc3Cl)C2)c1. The summed E-state index contributed by atoms with van der Waals surface area (Å²) in [5, 5.41) is 6.88. The monoisotopic (exact) mass is 488 g/mol. The van der Waals surface area contributed by atoms with Gasteiger partial charge in [-0.05, 0) is 68.1 Å². The van der Waals surface area contributed by atoms with Crippen LogP contribution in [0.2, 0.25) is 5.02 Å². The minimum Gasteiger partial charge on any atom is -0.339 e. The van der Waals surface area contributed by atoms with Crippen molar-refractivity contribution in [2.75, 3.05) is 18.4 Å². The fourth-order valence-electron chi connectivity index (χ4n) is 4.06. The van der Waals surface area contributed by atoms with E-state index < -0.39 is 15.9 Å². The summed E-state index contributed by atoms with van der Waals surface area (Å²) in [4.78, 5) is 17.0. The molecule has 2 aromatic carbocycles. The fourth-order valence-corrected chi connectivity index (χ4v) is 6.09. The Hall–Kier alpha value is -2.75. The van der Waals surface area contributed by atoms with Crippen molar-refractivity contribution in [2.24, 2.45) is 5.92 Å². The smallest absolute Gasteiger partial charge is 0.244 e. The number of hydrogen-bond donors (Lipinski definition) is 1. The molecule has 3 aromatic rings. The van der Waals surface area contributed by atoms with Crippen molar-refractivity contribution < 1.29 is 17.7 Å².